The largest absolute Gasteiger partial charge is 0.442 e. The van der Waals surface area contributed by atoms with Crippen molar-refractivity contribution in [3.8, 4) is 0 Å². The monoisotopic (exact) mass is 318 g/mol. The van der Waals surface area contributed by atoms with Gasteiger partial charge in [0.25, 0.3) is 0 Å². The van der Waals surface area contributed by atoms with Crippen LogP contribution >= 0.6 is 0 Å². The number of carbonyl (C=O) groups is 1. The van der Waals surface area contributed by atoms with Gasteiger partial charge in [0, 0.05) is 5.56 Å². The van der Waals surface area contributed by atoms with Crippen molar-refractivity contribution in [2.45, 2.75) is 11.8 Å². The van der Waals surface area contributed by atoms with E-state index in [1.807, 2.05) is 0 Å². The number of hydrogen-bond acceptors (Lipinski definition) is 2. The Morgan fingerprint density at radius 3 is 2.04 bits per heavy atom. The first-order valence-corrected chi connectivity index (χ1v) is 7.03. The number of rotatable bonds is 3. The minimum Gasteiger partial charge on any atom is -0.442 e. The van der Waals surface area contributed by atoms with Crippen molar-refractivity contribution in [2.24, 2.45) is 5.92 Å². The number of benzene rings is 2. The second-order valence-corrected chi connectivity index (χ2v) is 5.27. The summed E-state index contributed by atoms with van der Waals surface area (Å²) in [7, 11) is 0. The van der Waals surface area contributed by atoms with Crippen molar-refractivity contribution in [2.75, 3.05) is 0 Å². The molecule has 0 N–H and O–H groups in total. The summed E-state index contributed by atoms with van der Waals surface area (Å²) in [6, 6.07) is 16.1. The maximum atomic E-state index is 13.7. The average Bonchev–Trinajstić information content (AvgIpc) is 2.53. The van der Waals surface area contributed by atoms with Gasteiger partial charge in [0.1, 0.15) is 5.92 Å². The summed E-state index contributed by atoms with van der Waals surface area (Å²) in [5.74, 6) is -2.27. The van der Waals surface area contributed by atoms with Gasteiger partial charge in [-0.25, -0.2) is 0 Å². The van der Waals surface area contributed by atoms with Crippen LogP contribution in [-0.4, -0.2) is 12.1 Å². The van der Waals surface area contributed by atoms with E-state index >= 15 is 0 Å². The van der Waals surface area contributed by atoms with Crippen LogP contribution in [0.5, 0.6) is 0 Å². The van der Waals surface area contributed by atoms with Crippen molar-refractivity contribution in [3.63, 3.8) is 0 Å². The SMILES string of the molecule is O=C1O[C@](c2ccccc2)(C(F)(F)F)[C@@H]1/C=C/c1ccccc1. The molecular weight excluding hydrogens is 305 g/mol. The van der Waals surface area contributed by atoms with E-state index in [4.69, 9.17) is 0 Å². The molecule has 0 amide bonds. The fourth-order valence-electron chi connectivity index (χ4n) is 2.70. The van der Waals surface area contributed by atoms with E-state index in [0.29, 0.717) is 0 Å². The van der Waals surface area contributed by atoms with Gasteiger partial charge in [-0.1, -0.05) is 72.8 Å². The van der Waals surface area contributed by atoms with E-state index in [0.717, 1.165) is 5.56 Å². The van der Waals surface area contributed by atoms with E-state index in [2.05, 4.69) is 4.74 Å². The van der Waals surface area contributed by atoms with Crippen LogP contribution in [0.4, 0.5) is 13.2 Å². The Kier molecular flexibility index (Phi) is 3.72. The predicted molar refractivity (Wildman–Crippen MR) is 79.2 cm³/mol. The fraction of sp³-hybridized carbons (Fsp3) is 0.167. The van der Waals surface area contributed by atoms with Crippen LogP contribution in [0.3, 0.4) is 0 Å². The van der Waals surface area contributed by atoms with Gasteiger partial charge < -0.3 is 4.74 Å². The zero-order valence-electron chi connectivity index (χ0n) is 12.0. The summed E-state index contributed by atoms with van der Waals surface area (Å²) in [5, 5.41) is 0. The molecule has 0 aliphatic carbocycles. The Hall–Kier alpha value is -2.56. The van der Waals surface area contributed by atoms with Crippen LogP contribution < -0.4 is 0 Å². The first-order chi connectivity index (χ1) is 10.9. The maximum Gasteiger partial charge on any atom is 0.433 e. The van der Waals surface area contributed by atoms with Gasteiger partial charge in [0.05, 0.1) is 0 Å². The van der Waals surface area contributed by atoms with Crippen LogP contribution in [0.25, 0.3) is 6.08 Å². The smallest absolute Gasteiger partial charge is 0.433 e. The number of alkyl halides is 3. The lowest BCUT2D eigenvalue weighted by Gasteiger charge is -2.47. The minimum absolute atomic E-state index is 0.0742. The van der Waals surface area contributed by atoms with Gasteiger partial charge >= 0.3 is 12.1 Å². The van der Waals surface area contributed by atoms with Crippen molar-refractivity contribution in [1.82, 2.24) is 0 Å². The molecule has 2 nitrogen and oxygen atoms in total. The number of hydrogen-bond donors (Lipinski definition) is 0. The lowest BCUT2D eigenvalue weighted by molar-refractivity contribution is -0.324. The number of ether oxygens (including phenoxy) is 1. The van der Waals surface area contributed by atoms with Gasteiger partial charge in [0.2, 0.25) is 5.60 Å². The molecule has 1 fully saturated rings. The fourth-order valence-corrected chi connectivity index (χ4v) is 2.70. The van der Waals surface area contributed by atoms with Crippen molar-refractivity contribution >= 4 is 12.0 Å². The molecule has 23 heavy (non-hydrogen) atoms. The van der Waals surface area contributed by atoms with Crippen LogP contribution in [0.15, 0.2) is 66.7 Å². The Bertz CT molecular complexity index is 723. The summed E-state index contributed by atoms with van der Waals surface area (Å²) >= 11 is 0. The standard InChI is InChI=1S/C18H13F3O2/c19-18(20,21)17(14-9-5-2-6-10-14)15(16(22)23-17)12-11-13-7-3-1-4-8-13/h1-12,15H/b12-11+/t15-,17+/m1/s1. The summed E-state index contributed by atoms with van der Waals surface area (Å²) in [4.78, 5) is 11.7. The van der Waals surface area contributed by atoms with Crippen LogP contribution in [0.2, 0.25) is 0 Å². The van der Waals surface area contributed by atoms with Crippen molar-refractivity contribution in [3.05, 3.63) is 77.9 Å². The number of halogens is 3. The molecule has 2 aromatic carbocycles. The summed E-state index contributed by atoms with van der Waals surface area (Å²) in [5.41, 5.74) is -1.97. The quantitative estimate of drug-likeness (QED) is 0.787. The third-order valence-electron chi connectivity index (χ3n) is 3.86. The Labute approximate surface area is 131 Å². The second-order valence-electron chi connectivity index (χ2n) is 5.27. The maximum absolute atomic E-state index is 13.7. The molecule has 0 radical (unpaired) electrons. The highest BCUT2D eigenvalue weighted by Gasteiger charge is 2.72. The van der Waals surface area contributed by atoms with Gasteiger partial charge in [-0.05, 0) is 5.56 Å². The van der Waals surface area contributed by atoms with Crippen LogP contribution in [-0.2, 0) is 15.1 Å². The van der Waals surface area contributed by atoms with Gasteiger partial charge in [-0.3, -0.25) is 4.79 Å². The summed E-state index contributed by atoms with van der Waals surface area (Å²) < 4.78 is 45.7. The molecule has 3 rings (SSSR count). The van der Waals surface area contributed by atoms with E-state index in [-0.39, 0.29) is 5.56 Å². The number of cyclic esters (lactones) is 1. The molecule has 2 atom stereocenters. The summed E-state index contributed by atoms with van der Waals surface area (Å²) in [6.07, 6.45) is -1.93. The highest BCUT2D eigenvalue weighted by Crippen LogP contribution is 2.54. The van der Waals surface area contributed by atoms with Crippen LogP contribution in [0, 0.1) is 5.92 Å². The molecule has 0 spiro atoms. The molecule has 118 valence electrons. The molecule has 2 aromatic rings. The minimum atomic E-state index is -4.70. The number of esters is 1. The van der Waals surface area contributed by atoms with Crippen LogP contribution in [0.1, 0.15) is 11.1 Å². The van der Waals surface area contributed by atoms with Crippen molar-refractivity contribution in [1.29, 1.82) is 0 Å². The highest BCUT2D eigenvalue weighted by molar-refractivity contribution is 5.84. The van der Waals surface area contributed by atoms with Gasteiger partial charge in [0.15, 0.2) is 0 Å². The zero-order valence-corrected chi connectivity index (χ0v) is 12.0. The predicted octanol–water partition coefficient (Wildman–Crippen LogP) is 4.33. The molecule has 0 unspecified atom stereocenters. The normalized spacial score (nSPS) is 24.3. The van der Waals surface area contributed by atoms with E-state index in [1.54, 1.807) is 36.4 Å². The lowest BCUT2D eigenvalue weighted by Crippen LogP contribution is -2.62. The van der Waals surface area contributed by atoms with E-state index in [9.17, 15) is 18.0 Å². The molecular formula is C18H13F3O2. The molecule has 0 aromatic heterocycles. The molecule has 0 bridgehead atoms. The third-order valence-corrected chi connectivity index (χ3v) is 3.86. The highest BCUT2D eigenvalue weighted by atomic mass is 19.4. The lowest BCUT2D eigenvalue weighted by atomic mass is 9.75. The second kappa shape index (κ2) is 5.57. The molecule has 1 heterocycles. The van der Waals surface area contributed by atoms with E-state index in [1.165, 1.54) is 36.4 Å². The van der Waals surface area contributed by atoms with E-state index < -0.39 is 23.7 Å². The van der Waals surface area contributed by atoms with Gasteiger partial charge in [-0.15, -0.1) is 0 Å². The zero-order chi connectivity index (χ0) is 16.5. The van der Waals surface area contributed by atoms with Crippen molar-refractivity contribution < 1.29 is 22.7 Å². The molecule has 0 saturated carbocycles. The van der Waals surface area contributed by atoms with Gasteiger partial charge in [-0.2, -0.15) is 13.2 Å². The molecule has 1 saturated heterocycles. The average molecular weight is 318 g/mol. The Morgan fingerprint density at radius 2 is 1.52 bits per heavy atom. The topological polar surface area (TPSA) is 26.3 Å². The molecule has 5 heteroatoms. The molecule has 1 aliphatic rings. The first-order valence-electron chi connectivity index (χ1n) is 7.03. The molecule has 1 aliphatic heterocycles. The summed E-state index contributed by atoms with van der Waals surface area (Å²) in [6.45, 7) is 0. The Morgan fingerprint density at radius 1 is 0.957 bits per heavy atom. The first kappa shape index (κ1) is 15.3. The third kappa shape index (κ3) is 2.52. The number of carbonyl (C=O) groups excluding carboxylic acids is 1. The Balaban J connectivity index is 2.00.